The zero-order valence-corrected chi connectivity index (χ0v) is 16.3. The zero-order valence-electron chi connectivity index (χ0n) is 14.6. The van der Waals surface area contributed by atoms with Crippen LogP contribution in [0.15, 0.2) is 47.1 Å². The Morgan fingerprint density at radius 2 is 2.07 bits per heavy atom. The van der Waals surface area contributed by atoms with Crippen molar-refractivity contribution >= 4 is 45.2 Å². The van der Waals surface area contributed by atoms with E-state index in [9.17, 15) is 9.59 Å². The number of thioether (sulfide) groups is 1. The van der Waals surface area contributed by atoms with E-state index >= 15 is 0 Å². The first kappa shape index (κ1) is 17.9. The molecule has 1 aliphatic heterocycles. The van der Waals surface area contributed by atoms with Crippen LogP contribution in [0.3, 0.4) is 0 Å². The van der Waals surface area contributed by atoms with Crippen LogP contribution in [-0.2, 0) is 27.3 Å². The van der Waals surface area contributed by atoms with E-state index in [0.717, 1.165) is 26.4 Å². The van der Waals surface area contributed by atoms with Crippen LogP contribution in [-0.4, -0.2) is 45.6 Å². The number of hydrogen-bond donors (Lipinski definition) is 0. The molecule has 0 saturated carbocycles. The lowest BCUT2D eigenvalue weighted by atomic mass is 9.94. The Labute approximate surface area is 164 Å². The Balaban J connectivity index is 1.54. The number of hydrogen-bond acceptors (Lipinski definition) is 7. The minimum absolute atomic E-state index is 0.105. The summed E-state index contributed by atoms with van der Waals surface area (Å²) in [6.07, 6.45) is 1.99. The highest BCUT2D eigenvalue weighted by atomic mass is 32.2. The van der Waals surface area contributed by atoms with Gasteiger partial charge in [0.2, 0.25) is 5.91 Å². The number of rotatable bonds is 4. The van der Waals surface area contributed by atoms with Gasteiger partial charge in [-0.05, 0) is 22.6 Å². The van der Waals surface area contributed by atoms with Crippen molar-refractivity contribution in [2.24, 2.45) is 0 Å². The molecule has 6 nitrogen and oxygen atoms in total. The van der Waals surface area contributed by atoms with Crippen molar-refractivity contribution in [3.8, 4) is 0 Å². The molecule has 2 aromatic heterocycles. The molecule has 0 N–H and O–H groups in total. The summed E-state index contributed by atoms with van der Waals surface area (Å²) in [6.45, 7) is 0.410. The third-order valence-electron chi connectivity index (χ3n) is 4.60. The fourth-order valence-corrected chi connectivity index (χ4v) is 4.89. The van der Waals surface area contributed by atoms with Gasteiger partial charge in [-0.1, -0.05) is 36.0 Å². The number of thiophene rings is 1. The van der Waals surface area contributed by atoms with E-state index in [0.29, 0.717) is 13.0 Å². The number of carbonyl (C=O) groups is 2. The van der Waals surface area contributed by atoms with Crippen molar-refractivity contribution in [2.75, 3.05) is 12.9 Å². The average molecular weight is 399 g/mol. The quantitative estimate of drug-likeness (QED) is 0.382. The first-order chi connectivity index (χ1) is 13.2. The molecule has 3 heterocycles. The molecule has 0 radical (unpaired) electrons. The SMILES string of the molecule is COC(=O)[C@H]1Cc2ccccc2CN1C(=O)CSc1ncnc2sccc12. The zero-order chi connectivity index (χ0) is 18.8. The maximum atomic E-state index is 12.9. The highest BCUT2D eigenvalue weighted by molar-refractivity contribution is 8.00. The second-order valence-corrected chi connectivity index (χ2v) is 8.00. The van der Waals surface area contributed by atoms with Gasteiger partial charge < -0.3 is 9.64 Å². The van der Waals surface area contributed by atoms with E-state index in [4.69, 9.17) is 4.74 Å². The van der Waals surface area contributed by atoms with Crippen LogP contribution in [0.25, 0.3) is 10.2 Å². The van der Waals surface area contributed by atoms with Gasteiger partial charge in [-0.15, -0.1) is 11.3 Å². The van der Waals surface area contributed by atoms with E-state index in [1.54, 1.807) is 16.2 Å². The van der Waals surface area contributed by atoms with Gasteiger partial charge in [0, 0.05) is 18.4 Å². The molecule has 8 heteroatoms. The Kier molecular flexibility index (Phi) is 5.09. The Morgan fingerprint density at radius 3 is 2.89 bits per heavy atom. The number of benzene rings is 1. The van der Waals surface area contributed by atoms with Crippen LogP contribution in [0, 0.1) is 0 Å². The van der Waals surface area contributed by atoms with Gasteiger partial charge in [-0.25, -0.2) is 14.8 Å². The molecule has 0 aliphatic carbocycles. The number of esters is 1. The molecule has 1 atom stereocenters. The minimum Gasteiger partial charge on any atom is -0.467 e. The van der Waals surface area contributed by atoms with Gasteiger partial charge in [-0.3, -0.25) is 4.79 Å². The van der Waals surface area contributed by atoms with E-state index in [-0.39, 0.29) is 17.6 Å². The molecule has 3 aromatic rings. The van der Waals surface area contributed by atoms with Crippen LogP contribution in [0.1, 0.15) is 11.1 Å². The number of nitrogens with zero attached hydrogens (tertiary/aromatic N) is 3. The maximum absolute atomic E-state index is 12.9. The van der Waals surface area contributed by atoms with Crippen LogP contribution >= 0.6 is 23.1 Å². The molecule has 4 rings (SSSR count). The second-order valence-electron chi connectivity index (χ2n) is 6.14. The van der Waals surface area contributed by atoms with Gasteiger partial charge in [0.05, 0.1) is 12.9 Å². The fourth-order valence-electron chi connectivity index (χ4n) is 3.23. The lowest BCUT2D eigenvalue weighted by molar-refractivity contribution is -0.153. The number of methoxy groups -OCH3 is 1. The summed E-state index contributed by atoms with van der Waals surface area (Å²) in [7, 11) is 1.36. The van der Waals surface area contributed by atoms with Crippen molar-refractivity contribution in [1.29, 1.82) is 0 Å². The lowest BCUT2D eigenvalue weighted by Crippen LogP contribution is -2.49. The van der Waals surface area contributed by atoms with Crippen LogP contribution in [0.4, 0.5) is 0 Å². The number of aromatic nitrogens is 2. The topological polar surface area (TPSA) is 72.4 Å². The molecule has 27 heavy (non-hydrogen) atoms. The largest absolute Gasteiger partial charge is 0.467 e. The first-order valence-corrected chi connectivity index (χ1v) is 10.3. The van der Waals surface area contributed by atoms with Gasteiger partial charge in [0.25, 0.3) is 0 Å². The van der Waals surface area contributed by atoms with E-state index < -0.39 is 6.04 Å². The van der Waals surface area contributed by atoms with E-state index in [2.05, 4.69) is 9.97 Å². The maximum Gasteiger partial charge on any atom is 0.328 e. The van der Waals surface area contributed by atoms with Crippen molar-refractivity contribution in [2.45, 2.75) is 24.0 Å². The summed E-state index contributed by atoms with van der Waals surface area (Å²) in [4.78, 5) is 36.3. The molecule has 0 saturated heterocycles. The highest BCUT2D eigenvalue weighted by Crippen LogP contribution is 2.29. The predicted octanol–water partition coefficient (Wildman–Crippen LogP) is 2.91. The molecule has 1 amide bonds. The van der Waals surface area contributed by atoms with Crippen LogP contribution in [0.2, 0.25) is 0 Å². The molecule has 0 spiro atoms. The van der Waals surface area contributed by atoms with Crippen molar-refractivity contribution < 1.29 is 14.3 Å². The van der Waals surface area contributed by atoms with Gasteiger partial charge in [-0.2, -0.15) is 0 Å². The first-order valence-electron chi connectivity index (χ1n) is 8.42. The smallest absolute Gasteiger partial charge is 0.328 e. The lowest BCUT2D eigenvalue weighted by Gasteiger charge is -2.35. The van der Waals surface area contributed by atoms with Crippen molar-refractivity contribution in [1.82, 2.24) is 14.9 Å². The Morgan fingerprint density at radius 1 is 1.26 bits per heavy atom. The summed E-state index contributed by atoms with van der Waals surface area (Å²) < 4.78 is 4.94. The second kappa shape index (κ2) is 7.66. The molecular formula is C19H17N3O3S2. The number of ether oxygens (including phenoxy) is 1. The fraction of sp³-hybridized carbons (Fsp3) is 0.263. The van der Waals surface area contributed by atoms with Gasteiger partial charge in [0.15, 0.2) is 0 Å². The van der Waals surface area contributed by atoms with Crippen molar-refractivity contribution in [3.63, 3.8) is 0 Å². The molecule has 1 aliphatic rings. The molecule has 0 bridgehead atoms. The van der Waals surface area contributed by atoms with Gasteiger partial charge in [0.1, 0.15) is 22.2 Å². The van der Waals surface area contributed by atoms with Crippen LogP contribution < -0.4 is 0 Å². The molecule has 0 fully saturated rings. The number of fused-ring (bicyclic) bond motifs is 2. The highest BCUT2D eigenvalue weighted by Gasteiger charge is 2.35. The molecule has 1 aromatic carbocycles. The standard InChI is InChI=1S/C19H17N3O3S2/c1-25-19(24)15-8-12-4-2-3-5-13(12)9-22(15)16(23)10-27-18-14-6-7-26-17(14)20-11-21-18/h2-7,11,15H,8-10H2,1H3/t15-/m1/s1. The molecule has 0 unspecified atom stereocenters. The predicted molar refractivity (Wildman–Crippen MR) is 105 cm³/mol. The number of amides is 1. The average Bonchev–Trinajstić information content (AvgIpc) is 3.19. The number of carbonyl (C=O) groups excluding carboxylic acids is 2. The minimum atomic E-state index is -0.593. The van der Waals surface area contributed by atoms with E-state index in [1.807, 2.05) is 35.7 Å². The Hall–Kier alpha value is -2.45. The summed E-state index contributed by atoms with van der Waals surface area (Å²) in [5, 5.41) is 3.69. The summed E-state index contributed by atoms with van der Waals surface area (Å²) in [5.74, 6) is -0.283. The van der Waals surface area contributed by atoms with E-state index in [1.165, 1.54) is 25.2 Å². The Bertz CT molecular complexity index is 1000. The normalized spacial score (nSPS) is 16.2. The molecule has 138 valence electrons. The summed E-state index contributed by atoms with van der Waals surface area (Å²) >= 11 is 2.91. The summed E-state index contributed by atoms with van der Waals surface area (Å²) in [5.41, 5.74) is 2.15. The third kappa shape index (κ3) is 3.54. The molecular weight excluding hydrogens is 382 g/mol. The van der Waals surface area contributed by atoms with Crippen molar-refractivity contribution in [3.05, 3.63) is 53.2 Å². The monoisotopic (exact) mass is 399 g/mol. The summed E-state index contributed by atoms with van der Waals surface area (Å²) in [6, 6.07) is 9.25. The van der Waals surface area contributed by atoms with Gasteiger partial charge >= 0.3 is 5.97 Å². The third-order valence-corrected chi connectivity index (χ3v) is 6.41. The van der Waals surface area contributed by atoms with Crippen LogP contribution in [0.5, 0.6) is 0 Å².